The van der Waals surface area contributed by atoms with E-state index < -0.39 is 0 Å². The van der Waals surface area contributed by atoms with Gasteiger partial charge in [-0.3, -0.25) is 0 Å². The van der Waals surface area contributed by atoms with Crippen LogP contribution in [-0.2, 0) is 0 Å². The minimum atomic E-state index is 0.685. The van der Waals surface area contributed by atoms with Gasteiger partial charge in [0, 0.05) is 29.9 Å². The Bertz CT molecular complexity index is 1230. The van der Waals surface area contributed by atoms with Gasteiger partial charge in [-0.25, -0.2) is 9.98 Å². The van der Waals surface area contributed by atoms with Gasteiger partial charge in [-0.05, 0) is 55.3 Å². The minimum absolute atomic E-state index is 0.685. The Labute approximate surface area is 208 Å². The van der Waals surface area contributed by atoms with Gasteiger partial charge in [-0.15, -0.1) is 0 Å². The van der Waals surface area contributed by atoms with E-state index in [1.54, 1.807) is 14.2 Å². The summed E-state index contributed by atoms with van der Waals surface area (Å²) >= 11 is 0. The molecule has 0 amide bonds. The maximum atomic E-state index is 5.66. The molecule has 0 aliphatic carbocycles. The molecule has 5 heteroatoms. The molecule has 0 spiro atoms. The number of benzene rings is 3. The zero-order chi connectivity index (χ0) is 24.6. The third-order valence-corrected chi connectivity index (χ3v) is 6.11. The number of unbranched alkanes of at least 4 members (excludes halogenated alkanes) is 1. The van der Waals surface area contributed by atoms with E-state index >= 15 is 0 Å². The van der Waals surface area contributed by atoms with Crippen molar-refractivity contribution in [3.63, 3.8) is 0 Å². The Kier molecular flexibility index (Phi) is 7.99. The van der Waals surface area contributed by atoms with E-state index in [1.165, 1.54) is 18.5 Å². The average Bonchev–Trinajstić information content (AvgIpc) is 3.33. The second kappa shape index (κ2) is 11.5. The predicted molar refractivity (Wildman–Crippen MR) is 146 cm³/mol. The topological polar surface area (TPSA) is 46.4 Å². The van der Waals surface area contributed by atoms with Gasteiger partial charge in [-0.2, -0.15) is 0 Å². The van der Waals surface area contributed by atoms with Crippen molar-refractivity contribution in [3.05, 3.63) is 95.2 Å². The molecule has 0 fully saturated rings. The number of rotatable bonds is 10. The van der Waals surface area contributed by atoms with Gasteiger partial charge in [0.2, 0.25) is 0 Å². The van der Waals surface area contributed by atoms with Gasteiger partial charge >= 0.3 is 0 Å². The summed E-state index contributed by atoms with van der Waals surface area (Å²) < 4.78 is 11.1. The van der Waals surface area contributed by atoms with Crippen LogP contribution >= 0.6 is 0 Å². The molecule has 0 N–H and O–H groups in total. The molecule has 0 unspecified atom stereocenters. The minimum Gasteiger partial charge on any atom is -0.497 e. The molecular formula is C30H33N3O2. The van der Waals surface area contributed by atoms with Crippen LogP contribution in [-0.4, -0.2) is 38.9 Å². The summed E-state index contributed by atoms with van der Waals surface area (Å²) in [7, 11) is 3.33. The third-order valence-electron chi connectivity index (χ3n) is 6.11. The lowest BCUT2D eigenvalue weighted by atomic mass is 10.0. The fourth-order valence-corrected chi connectivity index (χ4v) is 4.13. The maximum Gasteiger partial charge on any atom is 0.160 e. The van der Waals surface area contributed by atoms with Crippen LogP contribution in [0, 0.1) is 0 Å². The second-order valence-corrected chi connectivity index (χ2v) is 8.38. The lowest BCUT2D eigenvalue weighted by Gasteiger charge is -2.23. The quantitative estimate of drug-likeness (QED) is 0.337. The van der Waals surface area contributed by atoms with Gasteiger partial charge in [0.15, 0.2) is 5.84 Å². The van der Waals surface area contributed by atoms with Crippen LogP contribution in [0.4, 0.5) is 5.69 Å². The fraction of sp³-hybridized carbons (Fsp3) is 0.267. The van der Waals surface area contributed by atoms with Gasteiger partial charge in [0.25, 0.3) is 0 Å². The van der Waals surface area contributed by atoms with Crippen molar-refractivity contribution < 1.29 is 9.47 Å². The molecule has 180 valence electrons. The van der Waals surface area contributed by atoms with E-state index in [2.05, 4.69) is 49.1 Å². The summed E-state index contributed by atoms with van der Waals surface area (Å²) in [6.07, 6.45) is 4.47. The molecule has 0 radical (unpaired) electrons. The summed E-state index contributed by atoms with van der Waals surface area (Å²) in [5.41, 5.74) is 5.69. The van der Waals surface area contributed by atoms with Crippen LogP contribution in [0.15, 0.2) is 88.5 Å². The Morgan fingerprint density at radius 1 is 0.857 bits per heavy atom. The van der Waals surface area contributed by atoms with Crippen LogP contribution in [0.3, 0.4) is 0 Å². The third kappa shape index (κ3) is 5.62. The van der Waals surface area contributed by atoms with Crippen LogP contribution in [0.5, 0.6) is 11.5 Å². The molecule has 5 nitrogen and oxygen atoms in total. The number of hydrogen-bond donors (Lipinski definition) is 0. The van der Waals surface area contributed by atoms with E-state index in [0.29, 0.717) is 5.84 Å². The first-order valence-corrected chi connectivity index (χ1v) is 12.2. The predicted octanol–water partition coefficient (Wildman–Crippen LogP) is 6.62. The van der Waals surface area contributed by atoms with Crippen molar-refractivity contribution in [2.75, 3.05) is 32.2 Å². The Morgan fingerprint density at radius 2 is 1.63 bits per heavy atom. The first-order chi connectivity index (χ1) is 17.2. The fourth-order valence-electron chi connectivity index (χ4n) is 4.13. The first-order valence-electron chi connectivity index (χ1n) is 12.2. The standard InChI is InChI=1S/C30H33N3O2/c1-5-7-19-33(6-2)24-15-13-22(14-16-24)20-27-29(26-21-25(34-3)17-18-28(26)35-4)32-30(31-27)23-11-9-8-10-12-23/h8-18,20-21H,5-7,19H2,1-4H3/b27-20-. The highest BCUT2D eigenvalue weighted by atomic mass is 16.5. The van der Waals surface area contributed by atoms with Crippen molar-refractivity contribution in [1.82, 2.24) is 0 Å². The molecule has 0 aromatic heterocycles. The summed E-state index contributed by atoms with van der Waals surface area (Å²) in [5, 5.41) is 0. The van der Waals surface area contributed by atoms with Crippen molar-refractivity contribution >= 4 is 23.3 Å². The zero-order valence-electron chi connectivity index (χ0n) is 21.0. The summed E-state index contributed by atoms with van der Waals surface area (Å²) in [6, 6.07) is 24.4. The van der Waals surface area contributed by atoms with Gasteiger partial charge in [0.05, 0.1) is 19.9 Å². The first kappa shape index (κ1) is 24.3. The molecule has 0 saturated carbocycles. The van der Waals surface area contributed by atoms with E-state index in [-0.39, 0.29) is 0 Å². The zero-order valence-corrected chi connectivity index (χ0v) is 21.0. The molecule has 1 heterocycles. The van der Waals surface area contributed by atoms with E-state index in [4.69, 9.17) is 19.5 Å². The number of methoxy groups -OCH3 is 2. The molecule has 0 atom stereocenters. The monoisotopic (exact) mass is 467 g/mol. The number of nitrogens with zero attached hydrogens (tertiary/aromatic N) is 3. The Morgan fingerprint density at radius 3 is 2.29 bits per heavy atom. The molecule has 1 aliphatic heterocycles. The van der Waals surface area contributed by atoms with Crippen LogP contribution in [0.1, 0.15) is 43.4 Å². The number of amidine groups is 1. The maximum absolute atomic E-state index is 5.66. The Balaban J connectivity index is 1.74. The number of ether oxygens (including phenoxy) is 2. The summed E-state index contributed by atoms with van der Waals surface area (Å²) in [4.78, 5) is 12.3. The lowest BCUT2D eigenvalue weighted by Crippen LogP contribution is -2.23. The number of hydrogen-bond acceptors (Lipinski definition) is 5. The summed E-state index contributed by atoms with van der Waals surface area (Å²) in [6.45, 7) is 6.50. The lowest BCUT2D eigenvalue weighted by molar-refractivity contribution is 0.402. The largest absolute Gasteiger partial charge is 0.497 e. The normalized spacial score (nSPS) is 14.0. The molecule has 3 aromatic rings. The van der Waals surface area contributed by atoms with Gasteiger partial charge in [0.1, 0.15) is 17.2 Å². The van der Waals surface area contributed by atoms with Gasteiger partial charge < -0.3 is 14.4 Å². The molecule has 1 aliphatic rings. The molecular weight excluding hydrogens is 434 g/mol. The highest BCUT2D eigenvalue weighted by Crippen LogP contribution is 2.31. The van der Waals surface area contributed by atoms with Crippen molar-refractivity contribution in [2.45, 2.75) is 26.7 Å². The highest BCUT2D eigenvalue weighted by molar-refractivity contribution is 6.26. The molecule has 4 rings (SSSR count). The highest BCUT2D eigenvalue weighted by Gasteiger charge is 2.23. The van der Waals surface area contributed by atoms with Crippen molar-refractivity contribution in [3.8, 4) is 11.5 Å². The molecule has 3 aromatic carbocycles. The van der Waals surface area contributed by atoms with Crippen molar-refractivity contribution in [2.24, 2.45) is 9.98 Å². The van der Waals surface area contributed by atoms with Crippen LogP contribution in [0.25, 0.3) is 6.08 Å². The SMILES string of the molecule is CCCCN(CC)c1ccc(/C=C2\N=C(c3ccccc3)N=C2c2cc(OC)ccc2OC)cc1. The Hall–Kier alpha value is -3.86. The molecule has 0 bridgehead atoms. The van der Waals surface area contributed by atoms with E-state index in [0.717, 1.165) is 52.7 Å². The molecule has 0 saturated heterocycles. The van der Waals surface area contributed by atoms with Gasteiger partial charge in [-0.1, -0.05) is 55.8 Å². The molecule has 35 heavy (non-hydrogen) atoms. The summed E-state index contributed by atoms with van der Waals surface area (Å²) in [5.74, 6) is 2.15. The van der Waals surface area contributed by atoms with E-state index in [9.17, 15) is 0 Å². The second-order valence-electron chi connectivity index (χ2n) is 8.38. The average molecular weight is 468 g/mol. The van der Waals surface area contributed by atoms with Crippen LogP contribution in [0.2, 0.25) is 0 Å². The number of anilines is 1. The van der Waals surface area contributed by atoms with Crippen LogP contribution < -0.4 is 14.4 Å². The van der Waals surface area contributed by atoms with E-state index in [1.807, 2.05) is 48.5 Å². The smallest absolute Gasteiger partial charge is 0.160 e. The number of aliphatic imine (C=N–C) groups is 2. The number of allylic oxidation sites excluding steroid dienone is 1. The van der Waals surface area contributed by atoms with Crippen molar-refractivity contribution in [1.29, 1.82) is 0 Å².